The summed E-state index contributed by atoms with van der Waals surface area (Å²) in [6.07, 6.45) is 2.22. The fraction of sp³-hybridized carbons (Fsp3) is 0.385. The van der Waals surface area contributed by atoms with Crippen LogP contribution in [-0.4, -0.2) is 0 Å². The van der Waals surface area contributed by atoms with Gasteiger partial charge in [0.1, 0.15) is 0 Å². The van der Waals surface area contributed by atoms with Gasteiger partial charge in [-0.2, -0.15) is 23.6 Å². The molecule has 0 aromatic heterocycles. The molecule has 1 aromatic carbocycles. The molecule has 0 aliphatic heterocycles. The van der Waals surface area contributed by atoms with Crippen LogP contribution < -0.4 is 0 Å². The second-order valence-electron chi connectivity index (χ2n) is 4.55. The first-order valence-electron chi connectivity index (χ1n) is 4.73. The van der Waals surface area contributed by atoms with E-state index in [0.717, 1.165) is 0 Å². The van der Waals surface area contributed by atoms with E-state index in [1.54, 1.807) is 0 Å². The van der Waals surface area contributed by atoms with Gasteiger partial charge in [-0.25, -0.2) is 6.42 Å². The molecule has 0 aliphatic rings. The van der Waals surface area contributed by atoms with E-state index in [1.807, 2.05) is 6.07 Å². The molecule has 0 spiro atoms. The van der Waals surface area contributed by atoms with Crippen molar-refractivity contribution in [3.8, 4) is 0 Å². The van der Waals surface area contributed by atoms with Crippen molar-refractivity contribution in [3.63, 3.8) is 0 Å². The molecule has 74 valence electrons. The van der Waals surface area contributed by atoms with Crippen LogP contribution in [0.3, 0.4) is 0 Å². The van der Waals surface area contributed by atoms with Crippen LogP contribution in [0.2, 0.25) is 0 Å². The van der Waals surface area contributed by atoms with Crippen LogP contribution in [0.4, 0.5) is 0 Å². The van der Waals surface area contributed by atoms with Crippen molar-refractivity contribution in [1.29, 1.82) is 0 Å². The Morgan fingerprint density at radius 1 is 1.14 bits per heavy atom. The monoisotopic (exact) mass is 222 g/mol. The van der Waals surface area contributed by atoms with E-state index in [0.29, 0.717) is 5.92 Å². The Balaban J connectivity index is 0.00000169. The third-order valence-corrected chi connectivity index (χ3v) is 2.31. The molecule has 0 N–H and O–H groups in total. The van der Waals surface area contributed by atoms with E-state index in [4.69, 9.17) is 0 Å². The van der Waals surface area contributed by atoms with Crippen LogP contribution in [-0.2, 0) is 21.7 Å². The van der Waals surface area contributed by atoms with Crippen molar-refractivity contribution >= 4 is 0 Å². The Bertz CT molecular complexity index is 246. The first kappa shape index (κ1) is 13.8. The standard InChI is InChI=1S/C13H18.Ti/c1-11(13(2,3)4)10-12-8-6-5-7-9-12;/h5-11H,1H2,2-4H3;/q-2;+2/t11-;/m1./s1. The molecule has 0 radical (unpaired) electrons. The van der Waals surface area contributed by atoms with E-state index in [1.165, 1.54) is 5.56 Å². The molecule has 0 saturated heterocycles. The van der Waals surface area contributed by atoms with E-state index in [2.05, 4.69) is 58.4 Å². The van der Waals surface area contributed by atoms with Gasteiger partial charge in [0.15, 0.2) is 0 Å². The van der Waals surface area contributed by atoms with Crippen molar-refractivity contribution in [2.75, 3.05) is 0 Å². The van der Waals surface area contributed by atoms with E-state index in [-0.39, 0.29) is 27.1 Å². The fourth-order valence-corrected chi connectivity index (χ4v) is 1.05. The molecule has 1 heteroatoms. The number of hydrogen-bond acceptors (Lipinski definition) is 0. The molecule has 0 nitrogen and oxygen atoms in total. The van der Waals surface area contributed by atoms with Gasteiger partial charge < -0.3 is 6.92 Å². The Labute approximate surface area is 103 Å². The second kappa shape index (κ2) is 5.63. The molecule has 0 amide bonds. The van der Waals surface area contributed by atoms with Crippen molar-refractivity contribution in [1.82, 2.24) is 0 Å². The van der Waals surface area contributed by atoms with Gasteiger partial charge >= 0.3 is 21.7 Å². The average Bonchev–Trinajstić information content (AvgIpc) is 2.04. The van der Waals surface area contributed by atoms with Gasteiger partial charge in [0.2, 0.25) is 0 Å². The average molecular weight is 222 g/mol. The Hall–Kier alpha value is -0.196. The van der Waals surface area contributed by atoms with E-state index < -0.39 is 0 Å². The molecule has 0 aliphatic carbocycles. The summed E-state index contributed by atoms with van der Waals surface area (Å²) in [5.74, 6) is 0.356. The minimum Gasteiger partial charge on any atom is -0.347 e. The largest absolute Gasteiger partial charge is 2.00 e. The molecule has 0 heterocycles. The third-order valence-electron chi connectivity index (χ3n) is 2.31. The zero-order valence-corrected chi connectivity index (χ0v) is 10.8. The molecule has 0 bridgehead atoms. The van der Waals surface area contributed by atoms with Crippen LogP contribution in [0.1, 0.15) is 26.3 Å². The van der Waals surface area contributed by atoms with Gasteiger partial charge in [-0.05, 0) is 0 Å². The molecule has 0 fully saturated rings. The molecule has 1 rings (SSSR count). The van der Waals surface area contributed by atoms with Crippen molar-refractivity contribution in [2.24, 2.45) is 11.3 Å². The normalized spacial score (nSPS) is 12.9. The fourth-order valence-electron chi connectivity index (χ4n) is 1.05. The number of rotatable bonds is 2. The first-order chi connectivity index (χ1) is 6.00. The summed E-state index contributed by atoms with van der Waals surface area (Å²) in [5.41, 5.74) is 1.51. The SMILES string of the molecule is [CH2-][C@H]([CH-]c1ccccc1)C(C)(C)C.[Ti+2]. The maximum absolute atomic E-state index is 4.15. The number of benzene rings is 1. The molecule has 1 aromatic rings. The minimum atomic E-state index is 0. The molecule has 0 saturated carbocycles. The zero-order chi connectivity index (χ0) is 9.90. The smallest absolute Gasteiger partial charge is 0.347 e. The van der Waals surface area contributed by atoms with Crippen molar-refractivity contribution in [2.45, 2.75) is 20.8 Å². The van der Waals surface area contributed by atoms with Crippen molar-refractivity contribution < 1.29 is 21.7 Å². The Morgan fingerprint density at radius 3 is 2.07 bits per heavy atom. The summed E-state index contributed by atoms with van der Waals surface area (Å²) in [6, 6.07) is 10.4. The molecule has 1 atom stereocenters. The van der Waals surface area contributed by atoms with Gasteiger partial charge in [0, 0.05) is 0 Å². The van der Waals surface area contributed by atoms with Crippen LogP contribution in [0.15, 0.2) is 30.3 Å². The van der Waals surface area contributed by atoms with Crippen LogP contribution in [0, 0.1) is 24.7 Å². The molecular weight excluding hydrogens is 204 g/mol. The predicted octanol–water partition coefficient (Wildman–Crippen LogP) is 3.73. The van der Waals surface area contributed by atoms with Crippen LogP contribution >= 0.6 is 0 Å². The predicted molar refractivity (Wildman–Crippen MR) is 58.1 cm³/mol. The quantitative estimate of drug-likeness (QED) is 0.528. The summed E-state index contributed by atoms with van der Waals surface area (Å²) in [7, 11) is 0. The Morgan fingerprint density at radius 2 is 1.64 bits per heavy atom. The van der Waals surface area contributed by atoms with Gasteiger partial charge in [-0.15, -0.1) is 12.1 Å². The minimum absolute atomic E-state index is 0. The van der Waals surface area contributed by atoms with Gasteiger partial charge in [-0.3, -0.25) is 0 Å². The molecule has 0 unspecified atom stereocenters. The van der Waals surface area contributed by atoms with E-state index in [9.17, 15) is 0 Å². The molecular formula is C13H18Ti. The first-order valence-corrected chi connectivity index (χ1v) is 4.73. The topological polar surface area (TPSA) is 0 Å². The summed E-state index contributed by atoms with van der Waals surface area (Å²) >= 11 is 0. The summed E-state index contributed by atoms with van der Waals surface area (Å²) < 4.78 is 0. The summed E-state index contributed by atoms with van der Waals surface area (Å²) in [4.78, 5) is 0. The zero-order valence-electron chi connectivity index (χ0n) is 9.25. The van der Waals surface area contributed by atoms with Crippen molar-refractivity contribution in [3.05, 3.63) is 49.2 Å². The Kier molecular flexibility index (Phi) is 5.55. The van der Waals surface area contributed by atoms with Crippen LogP contribution in [0.25, 0.3) is 0 Å². The van der Waals surface area contributed by atoms with E-state index >= 15 is 0 Å². The third kappa shape index (κ3) is 4.35. The summed E-state index contributed by atoms with van der Waals surface area (Å²) in [6.45, 7) is 10.8. The number of hydrogen-bond donors (Lipinski definition) is 0. The molecule has 14 heavy (non-hydrogen) atoms. The maximum atomic E-state index is 4.15. The van der Waals surface area contributed by atoms with Gasteiger partial charge in [-0.1, -0.05) is 32.3 Å². The second-order valence-corrected chi connectivity index (χ2v) is 4.55. The summed E-state index contributed by atoms with van der Waals surface area (Å²) in [5, 5.41) is 0. The van der Waals surface area contributed by atoms with Gasteiger partial charge in [0.05, 0.1) is 0 Å². The maximum Gasteiger partial charge on any atom is 2.00 e. The van der Waals surface area contributed by atoms with Gasteiger partial charge in [0.25, 0.3) is 0 Å². The van der Waals surface area contributed by atoms with Crippen LogP contribution in [0.5, 0.6) is 0 Å².